The predicted octanol–water partition coefficient (Wildman–Crippen LogP) is 1.01. The fourth-order valence-electron chi connectivity index (χ4n) is 0.374. The summed E-state index contributed by atoms with van der Waals surface area (Å²) < 4.78 is 44.8. The molecule has 0 aliphatic rings. The van der Waals surface area contributed by atoms with Crippen LogP contribution in [0.3, 0.4) is 0 Å². The minimum Gasteiger partial charge on any atom is -0.481 e. The van der Waals surface area contributed by atoms with E-state index >= 15 is 0 Å². The Labute approximate surface area is 71.6 Å². The molecule has 0 saturated heterocycles. The molecule has 0 atom stereocenters. The molecule has 0 bridgehead atoms. The Hall–Kier alpha value is -0.430. The summed E-state index contributed by atoms with van der Waals surface area (Å²) in [6, 6.07) is 0. The summed E-state index contributed by atoms with van der Waals surface area (Å²) in [5.41, 5.74) is 0. The van der Waals surface area contributed by atoms with Crippen LogP contribution >= 0.6 is 10.7 Å². The van der Waals surface area contributed by atoms with Gasteiger partial charge < -0.3 is 5.11 Å². The van der Waals surface area contributed by atoms with Crippen molar-refractivity contribution in [3.63, 3.8) is 0 Å². The van der Waals surface area contributed by atoms with Crippen LogP contribution in [0.1, 0.15) is 12.8 Å². The van der Waals surface area contributed by atoms with E-state index in [0.717, 1.165) is 0 Å². The van der Waals surface area contributed by atoms with Gasteiger partial charge in [-0.1, -0.05) is 0 Å². The quantitative estimate of drug-likeness (QED) is 0.721. The van der Waals surface area contributed by atoms with E-state index in [0.29, 0.717) is 0 Å². The second-order valence-corrected chi connectivity index (χ2v) is 4.66. The smallest absolute Gasteiger partial charge is 0.360 e. The van der Waals surface area contributed by atoms with Crippen LogP contribution in [0.25, 0.3) is 0 Å². The molecule has 0 aromatic rings. The van der Waals surface area contributed by atoms with Crippen LogP contribution in [0.4, 0.5) is 8.78 Å². The van der Waals surface area contributed by atoms with Crippen LogP contribution in [-0.2, 0) is 13.8 Å². The highest BCUT2D eigenvalue weighted by atomic mass is 35.7. The van der Waals surface area contributed by atoms with Crippen molar-refractivity contribution in [2.24, 2.45) is 0 Å². The molecular formula is C4H5ClF2O4S. The number of hydrogen-bond acceptors (Lipinski definition) is 3. The third kappa shape index (κ3) is 3.31. The molecule has 1 N–H and O–H groups in total. The van der Waals surface area contributed by atoms with E-state index in [1.54, 1.807) is 0 Å². The lowest BCUT2D eigenvalue weighted by Crippen LogP contribution is -2.25. The normalized spacial score (nSPS) is 12.9. The van der Waals surface area contributed by atoms with Crippen molar-refractivity contribution in [3.8, 4) is 0 Å². The second kappa shape index (κ2) is 3.53. The molecule has 0 spiro atoms. The molecule has 0 amide bonds. The second-order valence-electron chi connectivity index (χ2n) is 1.97. The van der Waals surface area contributed by atoms with Crippen molar-refractivity contribution in [1.29, 1.82) is 0 Å². The Bertz CT molecular complexity index is 273. The van der Waals surface area contributed by atoms with Gasteiger partial charge in [-0.25, -0.2) is 8.42 Å². The Morgan fingerprint density at radius 1 is 1.50 bits per heavy atom. The van der Waals surface area contributed by atoms with Gasteiger partial charge in [0.1, 0.15) is 0 Å². The number of hydrogen-bond donors (Lipinski definition) is 1. The molecule has 0 radical (unpaired) electrons. The Kier molecular flexibility index (Phi) is 3.40. The maximum Gasteiger partial charge on any atom is 0.360 e. The number of aliphatic carboxylic acids is 1. The Morgan fingerprint density at radius 3 is 2.17 bits per heavy atom. The summed E-state index contributed by atoms with van der Waals surface area (Å²) in [4.78, 5) is 9.80. The highest BCUT2D eigenvalue weighted by Crippen LogP contribution is 2.30. The van der Waals surface area contributed by atoms with Gasteiger partial charge in [0.15, 0.2) is 0 Å². The number of alkyl halides is 2. The minimum atomic E-state index is -5.02. The highest BCUT2D eigenvalue weighted by molar-refractivity contribution is 8.14. The van der Waals surface area contributed by atoms with Crippen molar-refractivity contribution < 1.29 is 27.1 Å². The predicted molar refractivity (Wildman–Crippen MR) is 36.6 cm³/mol. The topological polar surface area (TPSA) is 71.4 Å². The standard InChI is InChI=1S/C4H5ClF2O4S/c5-12(10,11)4(6,7)2-1-3(8)9/h1-2H2,(H,8,9). The Balaban J connectivity index is 4.35. The van der Waals surface area contributed by atoms with Crippen LogP contribution < -0.4 is 0 Å². The van der Waals surface area contributed by atoms with Gasteiger partial charge in [0.05, 0.1) is 6.42 Å². The van der Waals surface area contributed by atoms with Gasteiger partial charge in [-0.05, 0) is 0 Å². The van der Waals surface area contributed by atoms with Crippen LogP contribution in [0.5, 0.6) is 0 Å². The lowest BCUT2D eigenvalue weighted by molar-refractivity contribution is -0.138. The molecule has 0 aliphatic carbocycles. The van der Waals surface area contributed by atoms with Gasteiger partial charge in [0.2, 0.25) is 0 Å². The average Bonchev–Trinajstić information content (AvgIpc) is 1.81. The molecule has 0 saturated carbocycles. The maximum absolute atomic E-state index is 12.3. The van der Waals surface area contributed by atoms with Crippen molar-refractivity contribution in [2.75, 3.05) is 0 Å². The van der Waals surface area contributed by atoms with Crippen LogP contribution in [0.2, 0.25) is 0 Å². The van der Waals surface area contributed by atoms with Gasteiger partial charge in [-0.15, -0.1) is 0 Å². The van der Waals surface area contributed by atoms with E-state index in [-0.39, 0.29) is 0 Å². The first-order valence-corrected chi connectivity index (χ1v) is 5.01. The first-order valence-electron chi connectivity index (χ1n) is 2.70. The highest BCUT2D eigenvalue weighted by Gasteiger charge is 2.43. The van der Waals surface area contributed by atoms with E-state index < -0.39 is 33.1 Å². The lowest BCUT2D eigenvalue weighted by Gasteiger charge is -2.09. The van der Waals surface area contributed by atoms with Gasteiger partial charge >= 0.3 is 11.2 Å². The van der Waals surface area contributed by atoms with E-state index in [9.17, 15) is 22.0 Å². The average molecular weight is 223 g/mol. The summed E-state index contributed by atoms with van der Waals surface area (Å²) in [6.07, 6.45) is -2.26. The van der Waals surface area contributed by atoms with Gasteiger partial charge in [-0.3, -0.25) is 4.79 Å². The molecule has 0 heterocycles. The molecule has 4 nitrogen and oxygen atoms in total. The molecular weight excluding hydrogens is 218 g/mol. The minimum absolute atomic E-state index is 0.945. The fraction of sp³-hybridized carbons (Fsp3) is 0.750. The molecule has 0 fully saturated rings. The zero-order chi connectivity index (χ0) is 9.99. The number of carbonyl (C=O) groups is 1. The van der Waals surface area contributed by atoms with Crippen LogP contribution in [-0.4, -0.2) is 24.7 Å². The number of halogens is 3. The lowest BCUT2D eigenvalue weighted by atomic mass is 10.3. The number of rotatable bonds is 4. The molecule has 8 heteroatoms. The van der Waals surface area contributed by atoms with Crippen molar-refractivity contribution in [2.45, 2.75) is 18.1 Å². The van der Waals surface area contributed by atoms with Gasteiger partial charge in [-0.2, -0.15) is 8.78 Å². The molecule has 0 aromatic heterocycles. The molecule has 72 valence electrons. The summed E-state index contributed by atoms with van der Waals surface area (Å²) in [6.45, 7) is 0. The molecule has 0 aromatic carbocycles. The first-order chi connectivity index (χ1) is 5.17. The van der Waals surface area contributed by atoms with E-state index in [2.05, 4.69) is 10.7 Å². The van der Waals surface area contributed by atoms with Crippen molar-refractivity contribution in [1.82, 2.24) is 0 Å². The summed E-state index contributed by atoms with van der Waals surface area (Å²) in [5, 5.41) is 3.80. The monoisotopic (exact) mass is 222 g/mol. The molecule has 0 rings (SSSR count). The fourth-order valence-corrected chi connectivity index (χ4v) is 0.952. The van der Waals surface area contributed by atoms with E-state index in [4.69, 9.17) is 5.11 Å². The van der Waals surface area contributed by atoms with Gasteiger partial charge in [0, 0.05) is 17.1 Å². The van der Waals surface area contributed by atoms with Crippen molar-refractivity contribution in [3.05, 3.63) is 0 Å². The number of carboxylic acids is 1. The van der Waals surface area contributed by atoms with Crippen LogP contribution in [0, 0.1) is 0 Å². The first kappa shape index (κ1) is 11.6. The number of carboxylic acid groups (broad SMARTS) is 1. The molecule has 0 unspecified atom stereocenters. The zero-order valence-electron chi connectivity index (χ0n) is 5.63. The maximum atomic E-state index is 12.3. The van der Waals surface area contributed by atoms with E-state index in [1.165, 1.54) is 0 Å². The summed E-state index contributed by atoms with van der Waals surface area (Å²) in [5.74, 6) is -1.50. The Morgan fingerprint density at radius 2 is 1.92 bits per heavy atom. The van der Waals surface area contributed by atoms with Crippen molar-refractivity contribution >= 4 is 25.7 Å². The van der Waals surface area contributed by atoms with E-state index in [1.807, 2.05) is 0 Å². The third-order valence-corrected chi connectivity index (χ3v) is 2.58. The summed E-state index contributed by atoms with van der Waals surface area (Å²) in [7, 11) is -0.685. The zero-order valence-corrected chi connectivity index (χ0v) is 7.20. The summed E-state index contributed by atoms with van der Waals surface area (Å²) >= 11 is 0. The largest absolute Gasteiger partial charge is 0.481 e. The third-order valence-electron chi connectivity index (χ3n) is 0.987. The SMILES string of the molecule is O=C(O)CCC(F)(F)S(=O)(=O)Cl. The van der Waals surface area contributed by atoms with Crippen LogP contribution in [0.15, 0.2) is 0 Å². The molecule has 12 heavy (non-hydrogen) atoms. The van der Waals surface area contributed by atoms with Gasteiger partial charge in [0.25, 0.3) is 9.05 Å². The molecule has 0 aliphatic heterocycles.